The number of rotatable bonds is 6. The number of carboxylic acid groups (broad SMARTS) is 1. The lowest BCUT2D eigenvalue weighted by molar-refractivity contribution is -0.153. The van der Waals surface area contributed by atoms with E-state index in [-0.39, 0.29) is 10.8 Å². The number of ether oxygens (including phenoxy) is 1. The monoisotopic (exact) mass is 412 g/mol. The van der Waals surface area contributed by atoms with Crippen LogP contribution in [0.5, 0.6) is 5.75 Å². The molecule has 1 N–H and O–H groups in total. The highest BCUT2D eigenvalue weighted by Crippen LogP contribution is 2.48. The van der Waals surface area contributed by atoms with Crippen molar-refractivity contribution in [1.29, 1.82) is 0 Å². The molecule has 0 spiro atoms. The maximum atomic E-state index is 12.7. The molecule has 0 aliphatic heterocycles. The molecule has 0 radical (unpaired) electrons. The number of carbonyl (C=O) groups is 1. The zero-order chi connectivity index (χ0) is 20.5. The van der Waals surface area contributed by atoms with Crippen molar-refractivity contribution in [2.24, 2.45) is 0 Å². The van der Waals surface area contributed by atoms with E-state index in [0.29, 0.717) is 29.5 Å². The molecule has 1 aliphatic carbocycles. The van der Waals surface area contributed by atoms with Gasteiger partial charge >= 0.3 is 12.1 Å². The van der Waals surface area contributed by atoms with E-state index in [1.165, 1.54) is 6.07 Å². The molecule has 2 aromatic rings. The van der Waals surface area contributed by atoms with Crippen LogP contribution in [-0.2, 0) is 16.6 Å². The lowest BCUT2D eigenvalue weighted by Crippen LogP contribution is -2.42. The van der Waals surface area contributed by atoms with Crippen LogP contribution in [0, 0.1) is 0 Å². The highest BCUT2D eigenvalue weighted by atomic mass is 35.5. The Bertz CT molecular complexity index is 872. The fraction of sp³-hybridized carbons (Fsp3) is 0.381. The van der Waals surface area contributed by atoms with Crippen LogP contribution in [0.1, 0.15) is 37.3 Å². The Balaban J connectivity index is 2.12. The normalized spacial score (nSPS) is 15.8. The average Bonchev–Trinajstić information content (AvgIpc) is 2.58. The highest BCUT2D eigenvalue weighted by molar-refractivity contribution is 6.32. The maximum absolute atomic E-state index is 12.7. The molecule has 2 aromatic carbocycles. The van der Waals surface area contributed by atoms with Crippen molar-refractivity contribution in [2.75, 3.05) is 6.61 Å². The van der Waals surface area contributed by atoms with Crippen LogP contribution in [0.25, 0.3) is 11.1 Å². The van der Waals surface area contributed by atoms with Crippen molar-refractivity contribution in [1.82, 2.24) is 0 Å². The van der Waals surface area contributed by atoms with Crippen LogP contribution in [0.4, 0.5) is 13.2 Å². The number of carboxylic acids is 1. The van der Waals surface area contributed by atoms with Gasteiger partial charge in [0.15, 0.2) is 6.61 Å². The second kappa shape index (κ2) is 7.66. The first-order valence-electron chi connectivity index (χ1n) is 9.02. The Hall–Kier alpha value is -2.21. The van der Waals surface area contributed by atoms with Crippen molar-refractivity contribution in [3.63, 3.8) is 0 Å². The highest BCUT2D eigenvalue weighted by Gasteiger charge is 2.46. The minimum atomic E-state index is -4.51. The Kier molecular flexibility index (Phi) is 5.62. The second-order valence-electron chi connectivity index (χ2n) is 7.03. The molecule has 0 heterocycles. The first-order chi connectivity index (χ1) is 13.2. The summed E-state index contributed by atoms with van der Waals surface area (Å²) in [6.07, 6.45) is -1.98. The summed E-state index contributed by atoms with van der Waals surface area (Å²) in [5.74, 6) is -1.04. The summed E-state index contributed by atoms with van der Waals surface area (Å²) in [5.41, 5.74) is 1.50. The van der Waals surface area contributed by atoms with Crippen LogP contribution < -0.4 is 4.74 Å². The third-order valence-electron chi connectivity index (χ3n) is 5.27. The van der Waals surface area contributed by atoms with E-state index in [0.717, 1.165) is 18.4 Å². The van der Waals surface area contributed by atoms with Gasteiger partial charge in [-0.1, -0.05) is 49.2 Å². The van der Waals surface area contributed by atoms with Crippen LogP contribution in [-0.4, -0.2) is 23.9 Å². The quantitative estimate of drug-likeness (QED) is 0.631. The summed E-state index contributed by atoms with van der Waals surface area (Å²) < 4.78 is 43.1. The van der Waals surface area contributed by atoms with Crippen LogP contribution in [0.15, 0.2) is 36.4 Å². The topological polar surface area (TPSA) is 46.5 Å². The minimum Gasteiger partial charge on any atom is -0.482 e. The third-order valence-corrected chi connectivity index (χ3v) is 5.55. The smallest absolute Gasteiger partial charge is 0.422 e. The number of hydrogen-bond donors (Lipinski definition) is 1. The SMILES string of the molecule is CCc1ccc(-c2cc(C3(C(=O)O)CCC3)cc(Cl)c2OCC(F)(F)F)cc1. The van der Waals surface area contributed by atoms with Crippen molar-refractivity contribution in [3.05, 3.63) is 52.5 Å². The number of halogens is 4. The van der Waals surface area contributed by atoms with Crippen molar-refractivity contribution < 1.29 is 27.8 Å². The van der Waals surface area contributed by atoms with E-state index < -0.39 is 24.2 Å². The van der Waals surface area contributed by atoms with Crippen molar-refractivity contribution >= 4 is 17.6 Å². The summed E-state index contributed by atoms with van der Waals surface area (Å²) in [4.78, 5) is 11.9. The van der Waals surface area contributed by atoms with Gasteiger partial charge in [0, 0.05) is 5.56 Å². The summed E-state index contributed by atoms with van der Waals surface area (Å²) >= 11 is 6.28. The molecule has 1 saturated carbocycles. The third kappa shape index (κ3) is 3.97. The average molecular weight is 413 g/mol. The van der Waals surface area contributed by atoms with E-state index in [1.54, 1.807) is 18.2 Å². The molecule has 0 atom stereocenters. The van der Waals surface area contributed by atoms with Gasteiger partial charge < -0.3 is 9.84 Å². The van der Waals surface area contributed by atoms with Crippen LogP contribution in [0.3, 0.4) is 0 Å². The summed E-state index contributed by atoms with van der Waals surface area (Å²) in [7, 11) is 0. The molecule has 1 aliphatic rings. The Morgan fingerprint density at radius 1 is 1.21 bits per heavy atom. The van der Waals surface area contributed by atoms with Gasteiger partial charge in [-0.3, -0.25) is 4.79 Å². The molecular weight excluding hydrogens is 393 g/mol. The first-order valence-corrected chi connectivity index (χ1v) is 9.40. The molecule has 3 nitrogen and oxygen atoms in total. The largest absolute Gasteiger partial charge is 0.482 e. The van der Waals surface area contributed by atoms with Gasteiger partial charge in [-0.15, -0.1) is 0 Å². The Labute approximate surface area is 166 Å². The maximum Gasteiger partial charge on any atom is 0.422 e. The van der Waals surface area contributed by atoms with E-state index >= 15 is 0 Å². The molecule has 0 saturated heterocycles. The van der Waals surface area contributed by atoms with E-state index in [2.05, 4.69) is 0 Å². The number of alkyl halides is 3. The molecule has 0 aromatic heterocycles. The lowest BCUT2D eigenvalue weighted by Gasteiger charge is -2.38. The fourth-order valence-electron chi connectivity index (χ4n) is 3.46. The van der Waals surface area contributed by atoms with Crippen LogP contribution >= 0.6 is 11.6 Å². The summed E-state index contributed by atoms with van der Waals surface area (Å²) in [6, 6.07) is 10.3. The summed E-state index contributed by atoms with van der Waals surface area (Å²) in [6.45, 7) is 0.522. The summed E-state index contributed by atoms with van der Waals surface area (Å²) in [5, 5.41) is 9.69. The van der Waals surface area contributed by atoms with Gasteiger partial charge in [-0.05, 0) is 48.1 Å². The van der Waals surface area contributed by atoms with E-state index in [1.807, 2.05) is 19.1 Å². The Morgan fingerprint density at radius 3 is 2.32 bits per heavy atom. The molecule has 0 amide bonds. The van der Waals surface area contributed by atoms with Gasteiger partial charge in [0.2, 0.25) is 0 Å². The molecule has 28 heavy (non-hydrogen) atoms. The number of aryl methyl sites for hydroxylation is 1. The van der Waals surface area contributed by atoms with Gasteiger partial charge in [-0.25, -0.2) is 0 Å². The number of aliphatic carboxylic acids is 1. The molecule has 7 heteroatoms. The zero-order valence-corrected chi connectivity index (χ0v) is 16.0. The standard InChI is InChI=1S/C21H20ClF3O3/c1-2-13-4-6-14(7-5-13)16-10-15(20(19(26)27)8-3-9-20)11-17(22)18(16)28-12-21(23,24)25/h4-7,10-11H,2-3,8-9,12H2,1H3,(H,26,27). The zero-order valence-electron chi connectivity index (χ0n) is 15.3. The second-order valence-corrected chi connectivity index (χ2v) is 7.44. The number of hydrogen-bond acceptors (Lipinski definition) is 2. The predicted molar refractivity (Wildman–Crippen MR) is 101 cm³/mol. The van der Waals surface area contributed by atoms with E-state index in [9.17, 15) is 23.1 Å². The Morgan fingerprint density at radius 2 is 1.86 bits per heavy atom. The molecule has 0 bridgehead atoms. The van der Waals surface area contributed by atoms with Gasteiger partial charge in [0.1, 0.15) is 5.75 Å². The number of benzene rings is 2. The molecule has 0 unspecified atom stereocenters. The van der Waals surface area contributed by atoms with E-state index in [4.69, 9.17) is 16.3 Å². The van der Waals surface area contributed by atoms with Gasteiger partial charge in [0.05, 0.1) is 10.4 Å². The predicted octanol–water partition coefficient (Wildman–Crippen LogP) is 6.02. The molecule has 1 fully saturated rings. The minimum absolute atomic E-state index is 0.0242. The lowest BCUT2D eigenvalue weighted by atomic mass is 9.64. The van der Waals surface area contributed by atoms with Crippen LogP contribution in [0.2, 0.25) is 5.02 Å². The van der Waals surface area contributed by atoms with Gasteiger partial charge in [0.25, 0.3) is 0 Å². The first kappa shape index (κ1) is 20.5. The molecule has 150 valence electrons. The van der Waals surface area contributed by atoms with Crippen molar-refractivity contribution in [3.8, 4) is 16.9 Å². The molecular formula is C21H20ClF3O3. The fourth-order valence-corrected chi connectivity index (χ4v) is 3.74. The molecule has 3 rings (SSSR count). The van der Waals surface area contributed by atoms with Crippen molar-refractivity contribution in [2.45, 2.75) is 44.2 Å². The van der Waals surface area contributed by atoms with Gasteiger partial charge in [-0.2, -0.15) is 13.2 Å².